The zero-order valence-electron chi connectivity index (χ0n) is 8.14. The SMILES string of the molecule is FC1(F)CCNC(c2ccc(Br)cc2)C1. The summed E-state index contributed by atoms with van der Waals surface area (Å²) in [5.41, 5.74) is 0.928. The summed E-state index contributed by atoms with van der Waals surface area (Å²) in [6, 6.07) is 7.29. The summed E-state index contributed by atoms with van der Waals surface area (Å²) in [5.74, 6) is -2.52. The Bertz CT molecular complexity index is 337. The molecule has 0 amide bonds. The van der Waals surface area contributed by atoms with E-state index in [0.717, 1.165) is 10.0 Å². The standard InChI is InChI=1S/C11H12BrF2N/c12-9-3-1-8(2-4-9)10-7-11(13,14)5-6-15-10/h1-4,10,15H,5-7H2. The van der Waals surface area contributed by atoms with Crippen LogP contribution in [0, 0.1) is 0 Å². The molecule has 1 aliphatic heterocycles. The molecule has 1 unspecified atom stereocenters. The molecule has 0 spiro atoms. The summed E-state index contributed by atoms with van der Waals surface area (Å²) in [7, 11) is 0. The minimum atomic E-state index is -2.52. The molecule has 2 rings (SSSR count). The number of piperidine rings is 1. The highest BCUT2D eigenvalue weighted by atomic mass is 79.9. The van der Waals surface area contributed by atoms with Gasteiger partial charge in [0.15, 0.2) is 0 Å². The van der Waals surface area contributed by atoms with Crippen LogP contribution < -0.4 is 5.32 Å². The van der Waals surface area contributed by atoms with Gasteiger partial charge in [-0.25, -0.2) is 8.78 Å². The van der Waals surface area contributed by atoms with Crippen molar-refractivity contribution < 1.29 is 8.78 Å². The molecule has 0 bridgehead atoms. The number of hydrogen-bond donors (Lipinski definition) is 1. The zero-order valence-corrected chi connectivity index (χ0v) is 9.73. The van der Waals surface area contributed by atoms with Crippen molar-refractivity contribution >= 4 is 15.9 Å². The number of nitrogens with one attached hydrogen (secondary N) is 1. The Morgan fingerprint density at radius 1 is 1.27 bits per heavy atom. The number of rotatable bonds is 1. The van der Waals surface area contributed by atoms with E-state index in [4.69, 9.17) is 0 Å². The van der Waals surface area contributed by atoms with E-state index >= 15 is 0 Å². The highest BCUT2D eigenvalue weighted by Crippen LogP contribution is 2.34. The van der Waals surface area contributed by atoms with Crippen molar-refractivity contribution in [1.82, 2.24) is 5.32 Å². The summed E-state index contributed by atoms with van der Waals surface area (Å²) < 4.78 is 27.3. The highest BCUT2D eigenvalue weighted by Gasteiger charge is 2.36. The fraction of sp³-hybridized carbons (Fsp3) is 0.455. The third kappa shape index (κ3) is 2.75. The molecule has 4 heteroatoms. The van der Waals surface area contributed by atoms with Crippen LogP contribution >= 0.6 is 15.9 Å². The van der Waals surface area contributed by atoms with Crippen LogP contribution in [0.3, 0.4) is 0 Å². The average molecular weight is 276 g/mol. The number of benzene rings is 1. The van der Waals surface area contributed by atoms with Crippen LogP contribution in [0.1, 0.15) is 24.4 Å². The molecule has 1 nitrogen and oxygen atoms in total. The first-order valence-corrected chi connectivity index (χ1v) is 5.73. The van der Waals surface area contributed by atoms with Crippen LogP contribution in [-0.4, -0.2) is 12.5 Å². The Morgan fingerprint density at radius 2 is 1.93 bits per heavy atom. The number of alkyl halides is 2. The molecule has 1 saturated heterocycles. The minimum absolute atomic E-state index is 0.0555. The molecular formula is C11H12BrF2N. The van der Waals surface area contributed by atoms with Crippen LogP contribution in [0.5, 0.6) is 0 Å². The van der Waals surface area contributed by atoms with Crippen LogP contribution in [0.25, 0.3) is 0 Å². The molecule has 1 aromatic carbocycles. The smallest absolute Gasteiger partial charge is 0.251 e. The first-order valence-electron chi connectivity index (χ1n) is 4.93. The van der Waals surface area contributed by atoms with Gasteiger partial charge in [0.05, 0.1) is 0 Å². The monoisotopic (exact) mass is 275 g/mol. The van der Waals surface area contributed by atoms with Gasteiger partial charge in [-0.1, -0.05) is 28.1 Å². The fourth-order valence-corrected chi connectivity index (χ4v) is 2.10. The van der Waals surface area contributed by atoms with Gasteiger partial charge < -0.3 is 5.32 Å². The molecular weight excluding hydrogens is 264 g/mol. The molecule has 1 atom stereocenters. The Kier molecular flexibility index (Phi) is 3.07. The molecule has 82 valence electrons. The van der Waals surface area contributed by atoms with Gasteiger partial charge in [-0.2, -0.15) is 0 Å². The lowest BCUT2D eigenvalue weighted by Gasteiger charge is -2.30. The summed E-state index contributed by atoms with van der Waals surface area (Å²) in [4.78, 5) is 0. The minimum Gasteiger partial charge on any atom is -0.310 e. The topological polar surface area (TPSA) is 12.0 Å². The van der Waals surface area contributed by atoms with Gasteiger partial charge in [0.2, 0.25) is 0 Å². The van der Waals surface area contributed by atoms with E-state index < -0.39 is 5.92 Å². The van der Waals surface area contributed by atoms with E-state index in [1.54, 1.807) is 0 Å². The summed E-state index contributed by atoms with van der Waals surface area (Å²) >= 11 is 3.32. The number of hydrogen-bond acceptors (Lipinski definition) is 1. The summed E-state index contributed by atoms with van der Waals surface area (Å²) in [6.45, 7) is 0.383. The van der Waals surface area contributed by atoms with Crippen molar-refractivity contribution in [3.8, 4) is 0 Å². The molecule has 1 N–H and O–H groups in total. The molecule has 1 aliphatic rings. The van der Waals surface area contributed by atoms with Crippen molar-refractivity contribution in [2.75, 3.05) is 6.54 Å². The Balaban J connectivity index is 2.13. The number of halogens is 3. The van der Waals surface area contributed by atoms with E-state index in [1.807, 2.05) is 24.3 Å². The van der Waals surface area contributed by atoms with Crippen molar-refractivity contribution in [3.63, 3.8) is 0 Å². The van der Waals surface area contributed by atoms with E-state index in [1.165, 1.54) is 0 Å². The van der Waals surface area contributed by atoms with E-state index in [0.29, 0.717) is 6.54 Å². The molecule has 1 heterocycles. The molecule has 0 aliphatic carbocycles. The maximum atomic E-state index is 13.2. The molecule has 15 heavy (non-hydrogen) atoms. The van der Waals surface area contributed by atoms with E-state index in [-0.39, 0.29) is 18.9 Å². The van der Waals surface area contributed by atoms with Crippen molar-refractivity contribution in [2.24, 2.45) is 0 Å². The van der Waals surface area contributed by atoms with Gasteiger partial charge in [-0.3, -0.25) is 0 Å². The first-order chi connectivity index (χ1) is 7.07. The van der Waals surface area contributed by atoms with Crippen molar-refractivity contribution in [1.29, 1.82) is 0 Å². The maximum absolute atomic E-state index is 13.2. The predicted molar refractivity (Wildman–Crippen MR) is 59.1 cm³/mol. The van der Waals surface area contributed by atoms with Crippen LogP contribution in [0.4, 0.5) is 8.78 Å². The van der Waals surface area contributed by atoms with Crippen LogP contribution in [-0.2, 0) is 0 Å². The molecule has 0 radical (unpaired) electrons. The van der Waals surface area contributed by atoms with Crippen LogP contribution in [0.2, 0.25) is 0 Å². The zero-order chi connectivity index (χ0) is 10.9. The normalized spacial score (nSPS) is 25.1. The highest BCUT2D eigenvalue weighted by molar-refractivity contribution is 9.10. The van der Waals surface area contributed by atoms with Gasteiger partial charge in [0.1, 0.15) is 0 Å². The molecule has 0 saturated carbocycles. The fourth-order valence-electron chi connectivity index (χ4n) is 1.83. The summed E-state index contributed by atoms with van der Waals surface area (Å²) in [5, 5.41) is 3.12. The second-order valence-electron chi connectivity index (χ2n) is 3.87. The Morgan fingerprint density at radius 3 is 2.53 bits per heavy atom. The van der Waals surface area contributed by atoms with Gasteiger partial charge >= 0.3 is 0 Å². The van der Waals surface area contributed by atoms with Gasteiger partial charge in [0.25, 0.3) is 5.92 Å². The predicted octanol–water partition coefficient (Wildman–Crippen LogP) is 3.51. The largest absolute Gasteiger partial charge is 0.310 e. The first kappa shape index (κ1) is 11.0. The van der Waals surface area contributed by atoms with Gasteiger partial charge in [0, 0.05) is 29.9 Å². The Hall–Kier alpha value is -0.480. The van der Waals surface area contributed by atoms with Gasteiger partial charge in [-0.15, -0.1) is 0 Å². The van der Waals surface area contributed by atoms with E-state index in [2.05, 4.69) is 21.2 Å². The lowest BCUT2D eigenvalue weighted by atomic mass is 9.95. The summed E-state index contributed by atoms with van der Waals surface area (Å²) in [6.07, 6.45) is -0.158. The average Bonchev–Trinajstić information content (AvgIpc) is 2.17. The molecule has 1 fully saturated rings. The van der Waals surface area contributed by atoms with E-state index in [9.17, 15) is 8.78 Å². The van der Waals surface area contributed by atoms with Crippen LogP contribution in [0.15, 0.2) is 28.7 Å². The third-order valence-corrected chi connectivity index (χ3v) is 3.19. The third-order valence-electron chi connectivity index (χ3n) is 2.66. The second kappa shape index (κ2) is 4.18. The lowest BCUT2D eigenvalue weighted by Crippen LogP contribution is -2.38. The second-order valence-corrected chi connectivity index (χ2v) is 4.78. The molecule has 1 aromatic rings. The van der Waals surface area contributed by atoms with Crippen molar-refractivity contribution in [3.05, 3.63) is 34.3 Å². The maximum Gasteiger partial charge on any atom is 0.251 e. The Labute approximate surface area is 96.0 Å². The van der Waals surface area contributed by atoms with Crippen molar-refractivity contribution in [2.45, 2.75) is 24.8 Å². The van der Waals surface area contributed by atoms with Gasteiger partial charge in [-0.05, 0) is 17.7 Å². The quantitative estimate of drug-likeness (QED) is 0.827. The molecule has 0 aromatic heterocycles. The lowest BCUT2D eigenvalue weighted by molar-refractivity contribution is -0.0415.